The van der Waals surface area contributed by atoms with Crippen molar-refractivity contribution < 1.29 is 23.1 Å². The average Bonchev–Trinajstić information content (AvgIpc) is 2.26. The summed E-state index contributed by atoms with van der Waals surface area (Å²) in [4.78, 5) is 11.0. The summed E-state index contributed by atoms with van der Waals surface area (Å²) in [7, 11) is 0. The van der Waals surface area contributed by atoms with E-state index in [1.165, 1.54) is 12.1 Å². The number of carboxylic acids is 1. The highest BCUT2D eigenvalue weighted by Crippen LogP contribution is 2.41. The number of hydrogen-bond acceptors (Lipinski definition) is 2. The maximum absolute atomic E-state index is 12.7. The van der Waals surface area contributed by atoms with Gasteiger partial charge in [-0.05, 0) is 18.1 Å². The molecule has 92 valence electrons. The van der Waals surface area contributed by atoms with Crippen LogP contribution in [0, 0.1) is 0 Å². The molecule has 0 radical (unpaired) electrons. The van der Waals surface area contributed by atoms with Crippen molar-refractivity contribution in [3.8, 4) is 0 Å². The van der Waals surface area contributed by atoms with Crippen LogP contribution in [0.4, 0.5) is 18.9 Å². The average molecular weight is 245 g/mol. The highest BCUT2D eigenvalue weighted by molar-refractivity contribution is 5.81. The van der Waals surface area contributed by atoms with Crippen LogP contribution in [0.1, 0.15) is 23.5 Å². The number of anilines is 1. The van der Waals surface area contributed by atoms with E-state index >= 15 is 0 Å². The first kappa shape index (κ1) is 11.8. The number of para-hydroxylation sites is 1. The lowest BCUT2D eigenvalue weighted by molar-refractivity contribution is -0.140. The molecule has 1 aromatic rings. The minimum Gasteiger partial charge on any atom is -0.481 e. The van der Waals surface area contributed by atoms with Gasteiger partial charge in [0.05, 0.1) is 17.2 Å². The number of carboxylic acid groups (broad SMARTS) is 1. The highest BCUT2D eigenvalue weighted by atomic mass is 19.4. The summed E-state index contributed by atoms with van der Waals surface area (Å²) < 4.78 is 38.1. The van der Waals surface area contributed by atoms with Gasteiger partial charge in [-0.1, -0.05) is 12.1 Å². The topological polar surface area (TPSA) is 49.3 Å². The zero-order valence-electron chi connectivity index (χ0n) is 8.71. The Bertz CT molecular complexity index is 457. The van der Waals surface area contributed by atoms with Crippen molar-refractivity contribution in [2.24, 2.45) is 0 Å². The number of halogens is 3. The zero-order chi connectivity index (χ0) is 12.6. The smallest absolute Gasteiger partial charge is 0.418 e. The van der Waals surface area contributed by atoms with E-state index in [-0.39, 0.29) is 17.8 Å². The minimum absolute atomic E-state index is 0.0985. The van der Waals surface area contributed by atoms with Gasteiger partial charge in [0.2, 0.25) is 0 Å². The van der Waals surface area contributed by atoms with Crippen molar-refractivity contribution in [2.75, 3.05) is 11.9 Å². The second-order valence-corrected chi connectivity index (χ2v) is 3.87. The van der Waals surface area contributed by atoms with Gasteiger partial charge in [0.1, 0.15) is 0 Å². The first-order valence-electron chi connectivity index (χ1n) is 5.08. The number of fused-ring (bicyclic) bond motifs is 1. The molecule has 2 rings (SSSR count). The molecule has 0 saturated carbocycles. The molecule has 0 amide bonds. The molecule has 1 aliphatic rings. The third-order valence-corrected chi connectivity index (χ3v) is 2.81. The number of nitrogens with one attached hydrogen (secondary N) is 1. The van der Waals surface area contributed by atoms with Gasteiger partial charge in [0, 0.05) is 6.54 Å². The number of carbonyl (C=O) groups is 1. The van der Waals surface area contributed by atoms with Gasteiger partial charge in [0.15, 0.2) is 0 Å². The summed E-state index contributed by atoms with van der Waals surface area (Å²) in [6, 6.07) is 3.62. The number of alkyl halides is 3. The molecule has 1 heterocycles. The van der Waals surface area contributed by atoms with Crippen LogP contribution in [0.2, 0.25) is 0 Å². The Labute approximate surface area is 95.3 Å². The second-order valence-electron chi connectivity index (χ2n) is 3.87. The van der Waals surface area contributed by atoms with Crippen LogP contribution in [0.25, 0.3) is 0 Å². The second kappa shape index (κ2) is 3.94. The van der Waals surface area contributed by atoms with E-state index < -0.39 is 23.6 Å². The minimum atomic E-state index is -4.47. The molecule has 1 atom stereocenters. The molecule has 0 aliphatic carbocycles. The van der Waals surface area contributed by atoms with Gasteiger partial charge in [-0.15, -0.1) is 0 Å². The third-order valence-electron chi connectivity index (χ3n) is 2.81. The van der Waals surface area contributed by atoms with Crippen LogP contribution < -0.4 is 5.32 Å². The Balaban J connectivity index is 2.55. The summed E-state index contributed by atoms with van der Waals surface area (Å²) in [6.07, 6.45) is -4.18. The van der Waals surface area contributed by atoms with E-state index in [2.05, 4.69) is 5.32 Å². The molecule has 0 spiro atoms. The number of aliphatic carboxylic acids is 1. The van der Waals surface area contributed by atoms with Crippen LogP contribution in [0.3, 0.4) is 0 Å². The van der Waals surface area contributed by atoms with Crippen molar-refractivity contribution in [3.63, 3.8) is 0 Å². The summed E-state index contributed by atoms with van der Waals surface area (Å²) in [6.45, 7) is 0.233. The van der Waals surface area contributed by atoms with Gasteiger partial charge in [-0.25, -0.2) is 0 Å². The fraction of sp³-hybridized carbons (Fsp3) is 0.364. The van der Waals surface area contributed by atoms with Crippen molar-refractivity contribution >= 4 is 11.7 Å². The summed E-state index contributed by atoms with van der Waals surface area (Å²) >= 11 is 0. The quantitative estimate of drug-likeness (QED) is 0.799. The Hall–Kier alpha value is -1.72. The fourth-order valence-corrected chi connectivity index (χ4v) is 2.05. The molecule has 1 aromatic carbocycles. The fourth-order valence-electron chi connectivity index (χ4n) is 2.05. The van der Waals surface area contributed by atoms with Crippen molar-refractivity contribution in [1.29, 1.82) is 0 Å². The molecule has 3 nitrogen and oxygen atoms in total. The molecule has 1 unspecified atom stereocenters. The van der Waals surface area contributed by atoms with E-state index in [4.69, 9.17) is 5.11 Å². The van der Waals surface area contributed by atoms with Gasteiger partial charge in [0.25, 0.3) is 0 Å². The van der Waals surface area contributed by atoms with E-state index in [1.807, 2.05) is 0 Å². The van der Waals surface area contributed by atoms with Crippen LogP contribution in [0.15, 0.2) is 18.2 Å². The Kier molecular flexibility index (Phi) is 2.73. The Morgan fingerprint density at radius 3 is 2.71 bits per heavy atom. The van der Waals surface area contributed by atoms with Crippen LogP contribution in [-0.2, 0) is 11.0 Å². The lowest BCUT2D eigenvalue weighted by Crippen LogP contribution is -2.25. The standard InChI is InChI=1S/C11H10F3NO2/c12-11(13,14)8-3-1-2-6-7(10(16)17)4-5-15-9(6)8/h1-3,7,15H,4-5H2,(H,16,17). The van der Waals surface area contributed by atoms with Crippen LogP contribution in [0.5, 0.6) is 0 Å². The molecule has 1 aliphatic heterocycles. The largest absolute Gasteiger partial charge is 0.481 e. The van der Waals surface area contributed by atoms with Crippen LogP contribution in [-0.4, -0.2) is 17.6 Å². The molecule has 0 aromatic heterocycles. The van der Waals surface area contributed by atoms with Crippen LogP contribution >= 0.6 is 0 Å². The summed E-state index contributed by atoms with van der Waals surface area (Å²) in [5, 5.41) is 11.6. The van der Waals surface area contributed by atoms with E-state index in [1.54, 1.807) is 0 Å². The molecule has 6 heteroatoms. The highest BCUT2D eigenvalue weighted by Gasteiger charge is 2.37. The first-order valence-corrected chi connectivity index (χ1v) is 5.08. The third kappa shape index (κ3) is 2.07. The SMILES string of the molecule is O=C(O)C1CCNc2c1cccc2C(F)(F)F. The molecule has 0 bridgehead atoms. The molecule has 17 heavy (non-hydrogen) atoms. The molecule has 0 saturated heterocycles. The lowest BCUT2D eigenvalue weighted by atomic mass is 9.89. The lowest BCUT2D eigenvalue weighted by Gasteiger charge is -2.26. The monoisotopic (exact) mass is 245 g/mol. The molecular weight excluding hydrogens is 235 g/mol. The number of rotatable bonds is 1. The van der Waals surface area contributed by atoms with E-state index in [0.717, 1.165) is 6.07 Å². The van der Waals surface area contributed by atoms with E-state index in [9.17, 15) is 18.0 Å². The van der Waals surface area contributed by atoms with Crippen molar-refractivity contribution in [3.05, 3.63) is 29.3 Å². The summed E-state index contributed by atoms with van der Waals surface area (Å²) in [5.41, 5.74) is -0.696. The maximum atomic E-state index is 12.7. The molecule has 2 N–H and O–H groups in total. The normalized spacial score (nSPS) is 19.4. The van der Waals surface area contributed by atoms with Gasteiger partial charge in [-0.3, -0.25) is 4.79 Å². The number of hydrogen-bond donors (Lipinski definition) is 2. The predicted molar refractivity (Wildman–Crippen MR) is 54.9 cm³/mol. The zero-order valence-corrected chi connectivity index (χ0v) is 8.71. The first-order chi connectivity index (χ1) is 7.91. The summed E-state index contributed by atoms with van der Waals surface area (Å²) in [5.74, 6) is -1.96. The Morgan fingerprint density at radius 2 is 2.12 bits per heavy atom. The van der Waals surface area contributed by atoms with Gasteiger partial charge in [-0.2, -0.15) is 13.2 Å². The molecule has 0 fully saturated rings. The predicted octanol–water partition coefficient (Wildman–Crippen LogP) is 2.69. The maximum Gasteiger partial charge on any atom is 0.418 e. The van der Waals surface area contributed by atoms with Gasteiger partial charge < -0.3 is 10.4 Å². The molecular formula is C11H10F3NO2. The van der Waals surface area contributed by atoms with Crippen molar-refractivity contribution in [2.45, 2.75) is 18.5 Å². The number of benzene rings is 1. The van der Waals surface area contributed by atoms with E-state index in [0.29, 0.717) is 6.42 Å². The van der Waals surface area contributed by atoms with Crippen molar-refractivity contribution in [1.82, 2.24) is 0 Å². The van der Waals surface area contributed by atoms with Gasteiger partial charge >= 0.3 is 12.1 Å². The Morgan fingerprint density at radius 1 is 1.41 bits per heavy atom.